The molecule has 1 heterocycles. The first-order valence-electron chi connectivity index (χ1n) is 5.65. The number of anilines is 1. The summed E-state index contributed by atoms with van der Waals surface area (Å²) in [6, 6.07) is 7.60. The first-order chi connectivity index (χ1) is 8.01. The number of nitrogens with one attached hydrogen (secondary N) is 2. The monoisotopic (exact) mass is 232 g/mol. The van der Waals surface area contributed by atoms with Gasteiger partial charge in [0.05, 0.1) is 5.41 Å². The van der Waals surface area contributed by atoms with Crippen molar-refractivity contribution in [2.45, 2.75) is 20.3 Å². The van der Waals surface area contributed by atoms with E-state index in [0.29, 0.717) is 6.54 Å². The normalized spacial score (nSPS) is 23.3. The second-order valence-corrected chi connectivity index (χ2v) is 4.78. The number of carbonyl (C=O) groups is 2. The van der Waals surface area contributed by atoms with E-state index >= 15 is 0 Å². The van der Waals surface area contributed by atoms with E-state index in [-0.39, 0.29) is 18.2 Å². The summed E-state index contributed by atoms with van der Waals surface area (Å²) in [7, 11) is 0. The lowest BCUT2D eigenvalue weighted by atomic mass is 9.88. The Bertz CT molecular complexity index is 470. The Morgan fingerprint density at radius 3 is 2.71 bits per heavy atom. The standard InChI is InChI=1S/C13H16N2O2/c1-9-5-3-4-6-10(9)15-12(17)13(2)7-11(16)14-8-13/h3-6H,7-8H2,1-2H3,(H,14,16)(H,15,17). The van der Waals surface area contributed by atoms with Crippen LogP contribution in [0.25, 0.3) is 0 Å². The van der Waals surface area contributed by atoms with E-state index in [9.17, 15) is 9.59 Å². The minimum absolute atomic E-state index is 0.0626. The van der Waals surface area contributed by atoms with Crippen LogP contribution in [-0.2, 0) is 9.59 Å². The minimum atomic E-state index is -0.640. The molecule has 0 spiro atoms. The Hall–Kier alpha value is -1.84. The molecule has 0 radical (unpaired) electrons. The molecular weight excluding hydrogens is 216 g/mol. The van der Waals surface area contributed by atoms with Crippen LogP contribution in [0.4, 0.5) is 5.69 Å². The van der Waals surface area contributed by atoms with Gasteiger partial charge in [0.1, 0.15) is 0 Å². The van der Waals surface area contributed by atoms with Crippen molar-refractivity contribution in [3.05, 3.63) is 29.8 Å². The molecule has 1 fully saturated rings. The fraction of sp³-hybridized carbons (Fsp3) is 0.385. The molecule has 2 N–H and O–H groups in total. The van der Waals surface area contributed by atoms with Gasteiger partial charge in [0, 0.05) is 18.7 Å². The topological polar surface area (TPSA) is 58.2 Å². The predicted octanol–water partition coefficient (Wildman–Crippen LogP) is 1.46. The summed E-state index contributed by atoms with van der Waals surface area (Å²) in [5.41, 5.74) is 1.18. The number of carbonyl (C=O) groups excluding carboxylic acids is 2. The van der Waals surface area contributed by atoms with Crippen LogP contribution in [0.1, 0.15) is 18.9 Å². The largest absolute Gasteiger partial charge is 0.355 e. The first-order valence-corrected chi connectivity index (χ1v) is 5.65. The lowest BCUT2D eigenvalue weighted by molar-refractivity contribution is -0.126. The molecule has 2 rings (SSSR count). The minimum Gasteiger partial charge on any atom is -0.355 e. The summed E-state index contributed by atoms with van der Waals surface area (Å²) in [6.45, 7) is 4.15. The molecule has 1 aromatic carbocycles. The molecule has 2 amide bonds. The van der Waals surface area contributed by atoms with Gasteiger partial charge in [-0.1, -0.05) is 18.2 Å². The molecule has 4 heteroatoms. The third kappa shape index (κ3) is 2.30. The van der Waals surface area contributed by atoms with E-state index in [1.807, 2.05) is 31.2 Å². The Morgan fingerprint density at radius 1 is 1.41 bits per heavy atom. The van der Waals surface area contributed by atoms with Crippen LogP contribution in [0, 0.1) is 12.3 Å². The Balaban J connectivity index is 2.12. The van der Waals surface area contributed by atoms with Crippen LogP contribution < -0.4 is 10.6 Å². The molecule has 0 aliphatic carbocycles. The Labute approximate surface area is 100 Å². The molecule has 1 unspecified atom stereocenters. The van der Waals surface area contributed by atoms with E-state index in [1.54, 1.807) is 6.92 Å². The van der Waals surface area contributed by atoms with Crippen LogP contribution in [0.5, 0.6) is 0 Å². The molecule has 1 atom stereocenters. The number of rotatable bonds is 2. The van der Waals surface area contributed by atoms with Gasteiger partial charge in [-0.15, -0.1) is 0 Å². The van der Waals surface area contributed by atoms with Crippen molar-refractivity contribution in [3.8, 4) is 0 Å². The third-order valence-electron chi connectivity index (χ3n) is 3.17. The van der Waals surface area contributed by atoms with Gasteiger partial charge >= 0.3 is 0 Å². The maximum absolute atomic E-state index is 12.1. The highest BCUT2D eigenvalue weighted by Crippen LogP contribution is 2.27. The summed E-state index contributed by atoms with van der Waals surface area (Å²) in [5, 5.41) is 5.57. The molecule has 1 aliphatic heterocycles. The summed E-state index contributed by atoms with van der Waals surface area (Å²) in [4.78, 5) is 23.3. The van der Waals surface area contributed by atoms with Crippen LogP contribution in [0.3, 0.4) is 0 Å². The number of hydrogen-bond donors (Lipinski definition) is 2. The van der Waals surface area contributed by atoms with Gasteiger partial charge in [-0.3, -0.25) is 9.59 Å². The number of amides is 2. The van der Waals surface area contributed by atoms with Crippen molar-refractivity contribution in [2.75, 3.05) is 11.9 Å². The van der Waals surface area contributed by atoms with E-state index in [4.69, 9.17) is 0 Å². The zero-order valence-corrected chi connectivity index (χ0v) is 10.0. The molecule has 1 aromatic rings. The molecule has 17 heavy (non-hydrogen) atoms. The van der Waals surface area contributed by atoms with Crippen LogP contribution >= 0.6 is 0 Å². The first kappa shape index (κ1) is 11.6. The molecule has 1 aliphatic rings. The fourth-order valence-corrected chi connectivity index (χ4v) is 1.92. The van der Waals surface area contributed by atoms with Crippen molar-refractivity contribution in [2.24, 2.45) is 5.41 Å². The van der Waals surface area contributed by atoms with E-state index < -0.39 is 5.41 Å². The van der Waals surface area contributed by atoms with Crippen molar-refractivity contribution in [1.82, 2.24) is 5.32 Å². The van der Waals surface area contributed by atoms with Gasteiger partial charge in [-0.05, 0) is 25.5 Å². The molecule has 0 saturated carbocycles. The van der Waals surface area contributed by atoms with Crippen molar-refractivity contribution < 1.29 is 9.59 Å². The number of para-hydroxylation sites is 1. The van der Waals surface area contributed by atoms with Crippen LogP contribution in [0.15, 0.2) is 24.3 Å². The van der Waals surface area contributed by atoms with Crippen LogP contribution in [0.2, 0.25) is 0 Å². The molecule has 1 saturated heterocycles. The van der Waals surface area contributed by atoms with Gasteiger partial charge in [-0.2, -0.15) is 0 Å². The highest BCUT2D eigenvalue weighted by atomic mass is 16.2. The van der Waals surface area contributed by atoms with E-state index in [1.165, 1.54) is 0 Å². The average molecular weight is 232 g/mol. The Morgan fingerprint density at radius 2 is 2.12 bits per heavy atom. The molecule has 0 aromatic heterocycles. The van der Waals surface area contributed by atoms with Gasteiger partial charge in [0.15, 0.2) is 0 Å². The highest BCUT2D eigenvalue weighted by molar-refractivity contribution is 6.00. The predicted molar refractivity (Wildman–Crippen MR) is 65.5 cm³/mol. The van der Waals surface area contributed by atoms with Gasteiger partial charge < -0.3 is 10.6 Å². The lowest BCUT2D eigenvalue weighted by Crippen LogP contribution is -2.35. The highest BCUT2D eigenvalue weighted by Gasteiger charge is 2.40. The van der Waals surface area contributed by atoms with Crippen LogP contribution in [-0.4, -0.2) is 18.4 Å². The maximum Gasteiger partial charge on any atom is 0.232 e. The lowest BCUT2D eigenvalue weighted by Gasteiger charge is -2.21. The summed E-state index contributed by atoms with van der Waals surface area (Å²) in [6.07, 6.45) is 0.255. The molecule has 4 nitrogen and oxygen atoms in total. The zero-order valence-electron chi connectivity index (χ0n) is 10.0. The average Bonchev–Trinajstić information content (AvgIpc) is 2.63. The molecule has 90 valence electrons. The smallest absolute Gasteiger partial charge is 0.232 e. The van der Waals surface area contributed by atoms with Crippen molar-refractivity contribution in [1.29, 1.82) is 0 Å². The van der Waals surface area contributed by atoms with E-state index in [0.717, 1.165) is 11.3 Å². The number of aryl methyl sites for hydroxylation is 1. The van der Waals surface area contributed by atoms with Gasteiger partial charge in [0.2, 0.25) is 11.8 Å². The summed E-state index contributed by atoms with van der Waals surface area (Å²) in [5.74, 6) is -0.169. The fourth-order valence-electron chi connectivity index (χ4n) is 1.92. The SMILES string of the molecule is Cc1ccccc1NC(=O)C1(C)CNC(=O)C1. The van der Waals surface area contributed by atoms with Gasteiger partial charge in [0.25, 0.3) is 0 Å². The van der Waals surface area contributed by atoms with E-state index in [2.05, 4.69) is 10.6 Å². The second kappa shape index (κ2) is 4.20. The van der Waals surface area contributed by atoms with Gasteiger partial charge in [-0.25, -0.2) is 0 Å². The summed E-state index contributed by atoms with van der Waals surface area (Å²) < 4.78 is 0. The number of benzene rings is 1. The summed E-state index contributed by atoms with van der Waals surface area (Å²) >= 11 is 0. The maximum atomic E-state index is 12.1. The zero-order chi connectivity index (χ0) is 12.5. The van der Waals surface area contributed by atoms with Crippen molar-refractivity contribution in [3.63, 3.8) is 0 Å². The van der Waals surface area contributed by atoms with Crippen molar-refractivity contribution >= 4 is 17.5 Å². The molecular formula is C13H16N2O2. The quantitative estimate of drug-likeness (QED) is 0.811. The second-order valence-electron chi connectivity index (χ2n) is 4.78. The Kier molecular flexibility index (Phi) is 2.88. The number of hydrogen-bond acceptors (Lipinski definition) is 2. The molecule has 0 bridgehead atoms. The third-order valence-corrected chi connectivity index (χ3v) is 3.17.